The number of halogens is 2. The molecule has 1 aromatic heterocycles. The predicted molar refractivity (Wildman–Crippen MR) is 57.2 cm³/mol. The van der Waals surface area contributed by atoms with Crippen LogP contribution in [0.4, 0.5) is 8.78 Å². The molecule has 1 heterocycles. The summed E-state index contributed by atoms with van der Waals surface area (Å²) in [6.45, 7) is 1.65. The lowest BCUT2D eigenvalue weighted by molar-refractivity contribution is 0.509. The van der Waals surface area contributed by atoms with E-state index in [0.29, 0.717) is 16.7 Å². The Bertz CT molecular complexity index is 590. The quantitative estimate of drug-likeness (QED) is 0.788. The second-order valence-electron chi connectivity index (χ2n) is 3.53. The topological polar surface area (TPSA) is 32.9 Å². The molecule has 4 heteroatoms. The lowest BCUT2D eigenvalue weighted by atomic mass is 10.1. The fourth-order valence-corrected chi connectivity index (χ4v) is 1.44. The molecule has 2 nitrogen and oxygen atoms in total. The van der Waals surface area contributed by atoms with Gasteiger partial charge in [-0.1, -0.05) is 6.07 Å². The van der Waals surface area contributed by atoms with E-state index in [-0.39, 0.29) is 5.56 Å². The van der Waals surface area contributed by atoms with Crippen LogP contribution in [0.3, 0.4) is 0 Å². The van der Waals surface area contributed by atoms with E-state index in [0.717, 1.165) is 12.1 Å². The van der Waals surface area contributed by atoms with E-state index in [1.807, 2.05) is 0 Å². The van der Waals surface area contributed by atoms with E-state index in [9.17, 15) is 13.6 Å². The third-order valence-corrected chi connectivity index (χ3v) is 2.34. The first-order chi connectivity index (χ1) is 7.58. The van der Waals surface area contributed by atoms with E-state index in [2.05, 4.69) is 4.98 Å². The lowest BCUT2D eigenvalue weighted by Gasteiger charge is -2.02. The maximum absolute atomic E-state index is 13.0. The third kappa shape index (κ3) is 1.86. The molecular formula is C12H9F2NO. The summed E-state index contributed by atoms with van der Waals surface area (Å²) >= 11 is 0. The maximum atomic E-state index is 13.0. The second-order valence-corrected chi connectivity index (χ2v) is 3.53. The van der Waals surface area contributed by atoms with Crippen molar-refractivity contribution in [1.29, 1.82) is 0 Å². The van der Waals surface area contributed by atoms with Crippen molar-refractivity contribution in [1.82, 2.24) is 4.98 Å². The number of hydrogen-bond acceptors (Lipinski definition) is 1. The van der Waals surface area contributed by atoms with Crippen LogP contribution < -0.4 is 5.56 Å². The molecule has 0 saturated carbocycles. The minimum atomic E-state index is -0.902. The summed E-state index contributed by atoms with van der Waals surface area (Å²) in [5.74, 6) is -1.79. The van der Waals surface area contributed by atoms with Crippen LogP contribution in [-0.2, 0) is 0 Å². The van der Waals surface area contributed by atoms with Gasteiger partial charge in [-0.15, -0.1) is 0 Å². The minimum absolute atomic E-state index is 0.189. The summed E-state index contributed by atoms with van der Waals surface area (Å²) in [6, 6.07) is 5.25. The van der Waals surface area contributed by atoms with Crippen molar-refractivity contribution < 1.29 is 8.78 Å². The summed E-state index contributed by atoms with van der Waals surface area (Å²) in [5, 5.41) is 0. The number of rotatable bonds is 1. The molecule has 0 spiro atoms. The molecule has 0 amide bonds. The molecule has 0 unspecified atom stereocenters. The van der Waals surface area contributed by atoms with Crippen LogP contribution in [0.1, 0.15) is 5.56 Å². The van der Waals surface area contributed by atoms with E-state index in [1.54, 1.807) is 13.0 Å². The zero-order valence-corrected chi connectivity index (χ0v) is 8.55. The largest absolute Gasteiger partial charge is 0.328 e. The first-order valence-corrected chi connectivity index (χ1v) is 4.72. The molecule has 0 bridgehead atoms. The highest BCUT2D eigenvalue weighted by molar-refractivity contribution is 5.62. The van der Waals surface area contributed by atoms with Crippen LogP contribution in [0, 0.1) is 18.6 Å². The molecule has 1 aromatic carbocycles. The van der Waals surface area contributed by atoms with Crippen molar-refractivity contribution in [3.05, 3.63) is 58.0 Å². The fraction of sp³-hybridized carbons (Fsp3) is 0.0833. The Morgan fingerprint density at radius 2 is 1.81 bits per heavy atom. The van der Waals surface area contributed by atoms with E-state index < -0.39 is 11.6 Å². The number of benzene rings is 1. The molecule has 0 aliphatic rings. The van der Waals surface area contributed by atoms with Crippen LogP contribution in [0.15, 0.2) is 35.3 Å². The van der Waals surface area contributed by atoms with Crippen molar-refractivity contribution in [2.75, 3.05) is 0 Å². The third-order valence-electron chi connectivity index (χ3n) is 2.34. The SMILES string of the molecule is Cc1cc(-c2ccc(F)c(F)c2)c[nH]c1=O. The average Bonchev–Trinajstić information content (AvgIpc) is 2.26. The normalized spacial score (nSPS) is 10.4. The van der Waals surface area contributed by atoms with Gasteiger partial charge in [-0.05, 0) is 36.2 Å². The molecule has 0 aliphatic heterocycles. The molecule has 0 saturated heterocycles. The Kier molecular flexibility index (Phi) is 2.56. The molecule has 0 radical (unpaired) electrons. The summed E-state index contributed by atoms with van der Waals surface area (Å²) < 4.78 is 25.7. The fourth-order valence-electron chi connectivity index (χ4n) is 1.44. The van der Waals surface area contributed by atoms with Gasteiger partial charge in [-0.3, -0.25) is 4.79 Å². The van der Waals surface area contributed by atoms with Crippen LogP contribution in [0.25, 0.3) is 11.1 Å². The van der Waals surface area contributed by atoms with Gasteiger partial charge in [0.2, 0.25) is 0 Å². The minimum Gasteiger partial charge on any atom is -0.328 e. The molecule has 16 heavy (non-hydrogen) atoms. The van der Waals surface area contributed by atoms with E-state index in [1.165, 1.54) is 12.3 Å². The van der Waals surface area contributed by atoms with Gasteiger partial charge >= 0.3 is 0 Å². The molecule has 2 aromatic rings. The highest BCUT2D eigenvalue weighted by atomic mass is 19.2. The highest BCUT2D eigenvalue weighted by Crippen LogP contribution is 2.20. The Balaban J connectivity index is 2.54. The van der Waals surface area contributed by atoms with Crippen LogP contribution in [-0.4, -0.2) is 4.98 Å². The van der Waals surface area contributed by atoms with Crippen LogP contribution in [0.2, 0.25) is 0 Å². The van der Waals surface area contributed by atoms with Gasteiger partial charge in [0.05, 0.1) is 0 Å². The van der Waals surface area contributed by atoms with Crippen molar-refractivity contribution in [2.24, 2.45) is 0 Å². The van der Waals surface area contributed by atoms with Gasteiger partial charge in [0.25, 0.3) is 5.56 Å². The van der Waals surface area contributed by atoms with Crippen molar-refractivity contribution in [3.63, 3.8) is 0 Å². The Labute approximate surface area is 90.6 Å². The monoisotopic (exact) mass is 221 g/mol. The zero-order valence-electron chi connectivity index (χ0n) is 8.55. The van der Waals surface area contributed by atoms with Gasteiger partial charge in [0.1, 0.15) is 0 Å². The Morgan fingerprint density at radius 1 is 1.06 bits per heavy atom. The van der Waals surface area contributed by atoms with Crippen LogP contribution >= 0.6 is 0 Å². The number of pyridine rings is 1. The smallest absolute Gasteiger partial charge is 0.250 e. The van der Waals surface area contributed by atoms with E-state index >= 15 is 0 Å². The van der Waals surface area contributed by atoms with E-state index in [4.69, 9.17) is 0 Å². The molecule has 2 rings (SSSR count). The molecule has 0 aliphatic carbocycles. The molecule has 0 atom stereocenters. The predicted octanol–water partition coefficient (Wildman–Crippen LogP) is 2.63. The van der Waals surface area contributed by atoms with Crippen molar-refractivity contribution in [3.8, 4) is 11.1 Å². The molecule has 1 N–H and O–H groups in total. The number of H-pyrrole nitrogens is 1. The van der Waals surface area contributed by atoms with Gasteiger partial charge in [-0.2, -0.15) is 0 Å². The Morgan fingerprint density at radius 3 is 2.44 bits per heavy atom. The van der Waals surface area contributed by atoms with Crippen molar-refractivity contribution >= 4 is 0 Å². The number of hydrogen-bond donors (Lipinski definition) is 1. The second kappa shape index (κ2) is 3.89. The maximum Gasteiger partial charge on any atom is 0.250 e. The number of aryl methyl sites for hydroxylation is 1. The van der Waals surface area contributed by atoms with Crippen LogP contribution in [0.5, 0.6) is 0 Å². The standard InChI is InChI=1S/C12H9F2NO/c1-7-4-9(6-15-12(7)16)8-2-3-10(13)11(14)5-8/h2-6H,1H3,(H,15,16). The lowest BCUT2D eigenvalue weighted by Crippen LogP contribution is -2.07. The number of nitrogens with one attached hydrogen (secondary N) is 1. The number of aromatic amines is 1. The number of aromatic nitrogens is 1. The zero-order chi connectivity index (χ0) is 11.7. The van der Waals surface area contributed by atoms with Gasteiger partial charge in [0.15, 0.2) is 11.6 Å². The van der Waals surface area contributed by atoms with Gasteiger partial charge in [-0.25, -0.2) is 8.78 Å². The Hall–Kier alpha value is -1.97. The molecule has 82 valence electrons. The van der Waals surface area contributed by atoms with Crippen molar-refractivity contribution in [2.45, 2.75) is 6.92 Å². The summed E-state index contributed by atoms with van der Waals surface area (Å²) in [7, 11) is 0. The average molecular weight is 221 g/mol. The highest BCUT2D eigenvalue weighted by Gasteiger charge is 2.05. The first kappa shape index (κ1) is 10.5. The molecule has 0 fully saturated rings. The summed E-state index contributed by atoms with van der Waals surface area (Å²) in [6.07, 6.45) is 1.47. The summed E-state index contributed by atoms with van der Waals surface area (Å²) in [5.41, 5.74) is 1.52. The summed E-state index contributed by atoms with van der Waals surface area (Å²) in [4.78, 5) is 13.7. The molecular weight excluding hydrogens is 212 g/mol. The first-order valence-electron chi connectivity index (χ1n) is 4.72. The van der Waals surface area contributed by atoms with Gasteiger partial charge in [0, 0.05) is 11.8 Å². The van der Waals surface area contributed by atoms with Gasteiger partial charge < -0.3 is 4.98 Å².